The van der Waals surface area contributed by atoms with Crippen LogP contribution in [0.15, 0.2) is 30.5 Å². The van der Waals surface area contributed by atoms with Gasteiger partial charge in [-0.05, 0) is 31.9 Å². The molecule has 2 aromatic heterocycles. The Morgan fingerprint density at radius 1 is 1.20 bits per heavy atom. The topological polar surface area (TPSA) is 101 Å². The molecule has 3 aliphatic rings. The normalized spacial score (nSPS) is 26.4. The zero-order chi connectivity index (χ0) is 20.5. The molecule has 9 nitrogen and oxygen atoms in total. The minimum absolute atomic E-state index is 0.0425. The van der Waals surface area contributed by atoms with Crippen LogP contribution in [-0.4, -0.2) is 57.4 Å². The molecular weight excluding hydrogens is 384 g/mol. The first kappa shape index (κ1) is 17.9. The molecule has 2 bridgehead atoms. The van der Waals surface area contributed by atoms with Gasteiger partial charge in [-0.1, -0.05) is 0 Å². The number of morpholine rings is 1. The Hall–Kier alpha value is -2.91. The molecule has 2 N–H and O–H groups in total. The monoisotopic (exact) mass is 408 g/mol. The van der Waals surface area contributed by atoms with Gasteiger partial charge < -0.3 is 24.8 Å². The molecule has 3 aromatic rings. The molecule has 6 rings (SSSR count). The first-order valence-corrected chi connectivity index (χ1v) is 10.2. The first-order valence-electron chi connectivity index (χ1n) is 10.2. The highest BCUT2D eigenvalue weighted by Gasteiger charge is 2.49. The van der Waals surface area contributed by atoms with E-state index in [4.69, 9.17) is 19.9 Å². The van der Waals surface area contributed by atoms with Crippen LogP contribution in [0.1, 0.15) is 26.2 Å². The SMILES string of the molecule is COc1nc(N2CC3(N)CC2CO3)cc(-n2ncc3ccc(OC4(C)CC4)cc32)n1. The summed E-state index contributed by atoms with van der Waals surface area (Å²) in [4.78, 5) is 11.3. The molecule has 9 heteroatoms. The lowest BCUT2D eigenvalue weighted by Gasteiger charge is -2.31. The molecule has 2 atom stereocenters. The van der Waals surface area contributed by atoms with Gasteiger partial charge >= 0.3 is 6.01 Å². The summed E-state index contributed by atoms with van der Waals surface area (Å²) in [6, 6.07) is 8.45. The number of hydrogen-bond acceptors (Lipinski definition) is 8. The third-order valence-corrected chi connectivity index (χ3v) is 6.26. The number of benzene rings is 1. The zero-order valence-corrected chi connectivity index (χ0v) is 17.0. The third kappa shape index (κ3) is 2.88. The lowest BCUT2D eigenvalue weighted by atomic mass is 10.2. The van der Waals surface area contributed by atoms with Crippen molar-refractivity contribution in [3.8, 4) is 17.6 Å². The third-order valence-electron chi connectivity index (χ3n) is 6.26. The van der Waals surface area contributed by atoms with E-state index >= 15 is 0 Å². The zero-order valence-electron chi connectivity index (χ0n) is 17.0. The van der Waals surface area contributed by atoms with E-state index < -0.39 is 5.72 Å². The van der Waals surface area contributed by atoms with Crippen molar-refractivity contribution in [1.29, 1.82) is 0 Å². The maximum absolute atomic E-state index is 6.31. The highest BCUT2D eigenvalue weighted by Crippen LogP contribution is 2.40. The lowest BCUT2D eigenvalue weighted by molar-refractivity contribution is 0.00682. The second-order valence-corrected chi connectivity index (χ2v) is 8.76. The van der Waals surface area contributed by atoms with Crippen molar-refractivity contribution in [2.24, 2.45) is 5.73 Å². The van der Waals surface area contributed by atoms with Crippen LogP contribution in [0.25, 0.3) is 16.7 Å². The van der Waals surface area contributed by atoms with Crippen LogP contribution in [0.5, 0.6) is 11.8 Å². The highest BCUT2D eigenvalue weighted by molar-refractivity contribution is 5.81. The van der Waals surface area contributed by atoms with Crippen LogP contribution in [0.3, 0.4) is 0 Å². The van der Waals surface area contributed by atoms with Gasteiger partial charge in [-0.15, -0.1) is 0 Å². The fourth-order valence-electron chi connectivity index (χ4n) is 4.33. The second-order valence-electron chi connectivity index (χ2n) is 8.76. The molecule has 2 saturated heterocycles. The molecule has 1 saturated carbocycles. The predicted octanol–water partition coefficient (Wildman–Crippen LogP) is 2.02. The molecule has 4 heterocycles. The minimum Gasteiger partial charge on any atom is -0.487 e. The van der Waals surface area contributed by atoms with Crippen molar-refractivity contribution in [2.75, 3.05) is 25.2 Å². The van der Waals surface area contributed by atoms with E-state index in [2.05, 4.69) is 26.9 Å². The molecule has 1 aromatic carbocycles. The van der Waals surface area contributed by atoms with Gasteiger partial charge in [0.1, 0.15) is 22.9 Å². The van der Waals surface area contributed by atoms with Gasteiger partial charge in [-0.2, -0.15) is 15.1 Å². The van der Waals surface area contributed by atoms with E-state index in [-0.39, 0.29) is 11.6 Å². The summed E-state index contributed by atoms with van der Waals surface area (Å²) in [6.07, 6.45) is 4.78. The van der Waals surface area contributed by atoms with E-state index in [9.17, 15) is 0 Å². The molecule has 156 valence electrons. The molecule has 0 amide bonds. The smallest absolute Gasteiger partial charge is 0.320 e. The van der Waals surface area contributed by atoms with Gasteiger partial charge in [-0.25, -0.2) is 4.68 Å². The number of rotatable bonds is 5. The molecule has 1 aliphatic carbocycles. The fourth-order valence-corrected chi connectivity index (χ4v) is 4.33. The Balaban J connectivity index is 1.41. The van der Waals surface area contributed by atoms with Gasteiger partial charge in [0.25, 0.3) is 0 Å². The number of nitrogens with zero attached hydrogens (tertiary/aromatic N) is 5. The first-order chi connectivity index (χ1) is 14.4. The standard InChI is InChI=1S/C21H24N6O3/c1-20(5-6-20)30-15-4-3-13-10-23-27(16(13)7-15)18-8-17(24-19(25-18)28-2)26-12-21(22)9-14(26)11-29-21/h3-4,7-8,10,14H,5-6,9,11-12,22H2,1-2H3. The van der Waals surface area contributed by atoms with Crippen LogP contribution < -0.4 is 20.1 Å². The predicted molar refractivity (Wildman–Crippen MR) is 110 cm³/mol. The van der Waals surface area contributed by atoms with Crippen molar-refractivity contribution < 1.29 is 14.2 Å². The summed E-state index contributed by atoms with van der Waals surface area (Å²) >= 11 is 0. The maximum atomic E-state index is 6.31. The lowest BCUT2D eigenvalue weighted by Crippen LogP contribution is -2.48. The molecule has 0 spiro atoms. The molecular formula is C21H24N6O3. The molecule has 0 radical (unpaired) electrons. The van der Waals surface area contributed by atoms with E-state index in [1.807, 2.05) is 30.5 Å². The summed E-state index contributed by atoms with van der Waals surface area (Å²) in [6.45, 7) is 3.32. The summed E-state index contributed by atoms with van der Waals surface area (Å²) < 4.78 is 19.0. The average molecular weight is 408 g/mol. The van der Waals surface area contributed by atoms with Crippen molar-refractivity contribution in [2.45, 2.75) is 43.6 Å². The number of methoxy groups -OCH3 is 1. The van der Waals surface area contributed by atoms with Crippen molar-refractivity contribution in [3.05, 3.63) is 30.5 Å². The number of fused-ring (bicyclic) bond motifs is 3. The van der Waals surface area contributed by atoms with Crippen LogP contribution in [0.4, 0.5) is 5.82 Å². The molecule has 2 unspecified atom stereocenters. The second kappa shape index (κ2) is 6.05. The summed E-state index contributed by atoms with van der Waals surface area (Å²) in [5.41, 5.74) is 6.58. The molecule has 3 fully saturated rings. The van der Waals surface area contributed by atoms with E-state index in [0.29, 0.717) is 25.0 Å². The number of aromatic nitrogens is 4. The number of nitrogens with two attached hydrogens (primary N) is 1. The van der Waals surface area contributed by atoms with Gasteiger partial charge in [-0.3, -0.25) is 0 Å². The Kier molecular flexibility index (Phi) is 3.61. The van der Waals surface area contributed by atoms with Gasteiger partial charge in [0.2, 0.25) is 0 Å². The van der Waals surface area contributed by atoms with Crippen LogP contribution in [0, 0.1) is 0 Å². The van der Waals surface area contributed by atoms with E-state index in [0.717, 1.165) is 41.7 Å². The van der Waals surface area contributed by atoms with Crippen molar-refractivity contribution in [3.63, 3.8) is 0 Å². The fraction of sp³-hybridized carbons (Fsp3) is 0.476. The van der Waals surface area contributed by atoms with E-state index in [1.54, 1.807) is 11.8 Å². The molecule has 2 aliphatic heterocycles. The number of anilines is 1. The highest BCUT2D eigenvalue weighted by atomic mass is 16.5. The quantitative estimate of drug-likeness (QED) is 0.684. The van der Waals surface area contributed by atoms with Crippen LogP contribution in [-0.2, 0) is 4.74 Å². The summed E-state index contributed by atoms with van der Waals surface area (Å²) in [7, 11) is 1.57. The van der Waals surface area contributed by atoms with Crippen LogP contribution in [0.2, 0.25) is 0 Å². The average Bonchev–Trinajstić information content (AvgIpc) is 3.09. The number of hydrogen-bond donors (Lipinski definition) is 1. The Morgan fingerprint density at radius 2 is 2.03 bits per heavy atom. The van der Waals surface area contributed by atoms with Gasteiger partial charge in [0.05, 0.1) is 38.0 Å². The van der Waals surface area contributed by atoms with Gasteiger partial charge in [0.15, 0.2) is 5.82 Å². The maximum Gasteiger partial charge on any atom is 0.320 e. The van der Waals surface area contributed by atoms with Crippen molar-refractivity contribution in [1.82, 2.24) is 19.7 Å². The van der Waals surface area contributed by atoms with E-state index in [1.165, 1.54) is 0 Å². The minimum atomic E-state index is -0.605. The molecule has 30 heavy (non-hydrogen) atoms. The largest absolute Gasteiger partial charge is 0.487 e. The number of ether oxygens (including phenoxy) is 3. The Bertz CT molecular complexity index is 1140. The van der Waals surface area contributed by atoms with Crippen LogP contribution >= 0.6 is 0 Å². The Labute approximate surface area is 173 Å². The van der Waals surface area contributed by atoms with Crippen molar-refractivity contribution >= 4 is 16.7 Å². The summed E-state index contributed by atoms with van der Waals surface area (Å²) in [5.74, 6) is 2.24. The summed E-state index contributed by atoms with van der Waals surface area (Å²) in [5, 5.41) is 5.58. The van der Waals surface area contributed by atoms with Gasteiger partial charge in [0, 0.05) is 23.9 Å². The Morgan fingerprint density at radius 3 is 2.73 bits per heavy atom.